The largest absolute Gasteiger partial charge is 0.495 e. The molecular formula is C12H17NO2. The van der Waals surface area contributed by atoms with Crippen LogP contribution >= 0.6 is 0 Å². The van der Waals surface area contributed by atoms with E-state index in [0.29, 0.717) is 24.5 Å². The molecule has 0 aliphatic rings. The van der Waals surface area contributed by atoms with E-state index in [0.717, 1.165) is 5.56 Å². The number of methoxy groups -OCH3 is 1. The van der Waals surface area contributed by atoms with Crippen molar-refractivity contribution in [2.45, 2.75) is 26.7 Å². The van der Waals surface area contributed by atoms with E-state index in [4.69, 9.17) is 4.74 Å². The second kappa shape index (κ2) is 5.49. The van der Waals surface area contributed by atoms with Crippen molar-refractivity contribution in [3.8, 4) is 5.75 Å². The Labute approximate surface area is 90.5 Å². The topological polar surface area (TPSA) is 39.2 Å². The quantitative estimate of drug-likeness (QED) is 0.743. The van der Waals surface area contributed by atoms with Crippen LogP contribution in [-0.2, 0) is 11.2 Å². The third kappa shape index (κ3) is 3.70. The summed E-state index contributed by atoms with van der Waals surface area (Å²) < 4.78 is 5.14. The first kappa shape index (κ1) is 11.7. The van der Waals surface area contributed by atoms with Crippen molar-refractivity contribution in [2.24, 2.45) is 5.92 Å². The number of rotatable bonds is 5. The molecule has 0 fully saturated rings. The van der Waals surface area contributed by atoms with Gasteiger partial charge in [0.1, 0.15) is 11.5 Å². The average molecular weight is 207 g/mol. The van der Waals surface area contributed by atoms with Crippen LogP contribution < -0.4 is 4.74 Å². The predicted octanol–water partition coefficient (Wildman–Crippen LogP) is 2.25. The van der Waals surface area contributed by atoms with Gasteiger partial charge in [0.15, 0.2) is 0 Å². The van der Waals surface area contributed by atoms with E-state index in [9.17, 15) is 4.79 Å². The Morgan fingerprint density at radius 3 is 2.87 bits per heavy atom. The molecular weight excluding hydrogens is 190 g/mol. The zero-order valence-electron chi connectivity index (χ0n) is 9.49. The number of carbonyl (C=O) groups is 1. The highest BCUT2D eigenvalue weighted by Crippen LogP contribution is 2.17. The molecule has 1 heterocycles. The van der Waals surface area contributed by atoms with Crippen LogP contribution in [0.4, 0.5) is 0 Å². The summed E-state index contributed by atoms with van der Waals surface area (Å²) in [6.07, 6.45) is 4.37. The fourth-order valence-electron chi connectivity index (χ4n) is 1.48. The van der Waals surface area contributed by atoms with E-state index in [2.05, 4.69) is 4.98 Å². The minimum atomic E-state index is 0.245. The van der Waals surface area contributed by atoms with Crippen molar-refractivity contribution < 1.29 is 9.53 Å². The van der Waals surface area contributed by atoms with Crippen LogP contribution in [0, 0.1) is 5.92 Å². The molecule has 0 unspecified atom stereocenters. The first-order valence-electron chi connectivity index (χ1n) is 5.12. The monoisotopic (exact) mass is 207 g/mol. The molecule has 0 amide bonds. The summed E-state index contributed by atoms with van der Waals surface area (Å²) in [6.45, 7) is 4.09. The summed E-state index contributed by atoms with van der Waals surface area (Å²) in [4.78, 5) is 15.6. The van der Waals surface area contributed by atoms with Gasteiger partial charge in [-0.15, -0.1) is 0 Å². The highest BCUT2D eigenvalue weighted by molar-refractivity contribution is 5.81. The van der Waals surface area contributed by atoms with E-state index in [-0.39, 0.29) is 5.78 Å². The van der Waals surface area contributed by atoms with E-state index >= 15 is 0 Å². The number of ether oxygens (including phenoxy) is 1. The number of hydrogen-bond donors (Lipinski definition) is 0. The van der Waals surface area contributed by atoms with Gasteiger partial charge in [-0.25, -0.2) is 0 Å². The minimum Gasteiger partial charge on any atom is -0.495 e. The molecule has 0 bridgehead atoms. The van der Waals surface area contributed by atoms with E-state index < -0.39 is 0 Å². The molecule has 0 aromatic carbocycles. The highest BCUT2D eigenvalue weighted by Gasteiger charge is 2.09. The van der Waals surface area contributed by atoms with Crippen LogP contribution in [0.2, 0.25) is 0 Å². The van der Waals surface area contributed by atoms with Crippen LogP contribution in [0.1, 0.15) is 25.8 Å². The Balaban J connectivity index is 2.67. The Hall–Kier alpha value is -1.38. The molecule has 82 valence electrons. The van der Waals surface area contributed by atoms with Crippen molar-refractivity contribution >= 4 is 5.78 Å². The van der Waals surface area contributed by atoms with Gasteiger partial charge in [-0.2, -0.15) is 0 Å². The van der Waals surface area contributed by atoms with E-state index in [1.54, 1.807) is 19.5 Å². The van der Waals surface area contributed by atoms with Gasteiger partial charge in [0.2, 0.25) is 0 Å². The van der Waals surface area contributed by atoms with Crippen LogP contribution in [0.3, 0.4) is 0 Å². The average Bonchev–Trinajstić information content (AvgIpc) is 2.17. The van der Waals surface area contributed by atoms with Crippen LogP contribution in [0.5, 0.6) is 5.75 Å². The van der Waals surface area contributed by atoms with Crippen molar-refractivity contribution in [3.63, 3.8) is 0 Å². The summed E-state index contributed by atoms with van der Waals surface area (Å²) in [5.74, 6) is 1.34. The lowest BCUT2D eigenvalue weighted by molar-refractivity contribution is -0.119. The Kier molecular flexibility index (Phi) is 4.28. The molecule has 15 heavy (non-hydrogen) atoms. The molecule has 1 rings (SSSR count). The summed E-state index contributed by atoms with van der Waals surface area (Å²) in [7, 11) is 1.59. The highest BCUT2D eigenvalue weighted by atomic mass is 16.5. The van der Waals surface area contributed by atoms with E-state index in [1.807, 2.05) is 19.9 Å². The lowest BCUT2D eigenvalue weighted by atomic mass is 10.0. The van der Waals surface area contributed by atoms with Crippen LogP contribution in [0.15, 0.2) is 18.5 Å². The standard InChI is InChI=1S/C12H17NO2/c1-9(2)6-11(14)7-10-4-5-13-8-12(10)15-3/h4-5,8-9H,6-7H2,1-3H3. The predicted molar refractivity (Wildman–Crippen MR) is 59.0 cm³/mol. The third-order valence-corrected chi connectivity index (χ3v) is 2.11. The molecule has 0 saturated carbocycles. The number of ketones is 1. The Morgan fingerprint density at radius 2 is 2.27 bits per heavy atom. The normalized spacial score (nSPS) is 10.4. The van der Waals surface area contributed by atoms with Gasteiger partial charge in [-0.3, -0.25) is 9.78 Å². The lowest BCUT2D eigenvalue weighted by Crippen LogP contribution is -2.07. The summed E-state index contributed by atoms with van der Waals surface area (Å²) >= 11 is 0. The molecule has 1 aromatic rings. The molecule has 0 aliphatic heterocycles. The van der Waals surface area contributed by atoms with Crippen molar-refractivity contribution in [1.29, 1.82) is 0 Å². The second-order valence-corrected chi connectivity index (χ2v) is 4.00. The second-order valence-electron chi connectivity index (χ2n) is 4.00. The van der Waals surface area contributed by atoms with Crippen LogP contribution in [0.25, 0.3) is 0 Å². The number of hydrogen-bond acceptors (Lipinski definition) is 3. The number of Topliss-reactive ketones (excluding diaryl/α,β-unsaturated/α-hetero) is 1. The fourth-order valence-corrected chi connectivity index (χ4v) is 1.48. The van der Waals surface area contributed by atoms with E-state index in [1.165, 1.54) is 0 Å². The summed E-state index contributed by atoms with van der Waals surface area (Å²) in [5.41, 5.74) is 0.915. The van der Waals surface area contributed by atoms with Gasteiger partial charge in [-0.1, -0.05) is 13.8 Å². The van der Waals surface area contributed by atoms with Crippen LogP contribution in [-0.4, -0.2) is 17.9 Å². The molecule has 0 atom stereocenters. The van der Waals surface area contributed by atoms with Crippen molar-refractivity contribution in [2.75, 3.05) is 7.11 Å². The van der Waals surface area contributed by atoms with Gasteiger partial charge in [0.05, 0.1) is 13.3 Å². The molecule has 0 spiro atoms. The maximum atomic E-state index is 11.6. The first-order chi connectivity index (χ1) is 7.13. The SMILES string of the molecule is COc1cnccc1CC(=O)CC(C)C. The van der Waals surface area contributed by atoms with Gasteiger partial charge in [0, 0.05) is 24.6 Å². The molecule has 3 nitrogen and oxygen atoms in total. The maximum Gasteiger partial charge on any atom is 0.140 e. The minimum absolute atomic E-state index is 0.245. The number of aromatic nitrogens is 1. The third-order valence-electron chi connectivity index (χ3n) is 2.11. The molecule has 0 saturated heterocycles. The van der Waals surface area contributed by atoms with Gasteiger partial charge < -0.3 is 4.74 Å². The number of pyridine rings is 1. The Bertz CT molecular complexity index is 334. The summed E-state index contributed by atoms with van der Waals surface area (Å²) in [5, 5.41) is 0. The number of carbonyl (C=O) groups excluding carboxylic acids is 1. The van der Waals surface area contributed by atoms with Gasteiger partial charge in [-0.05, 0) is 12.0 Å². The zero-order chi connectivity index (χ0) is 11.3. The first-order valence-corrected chi connectivity index (χ1v) is 5.12. The Morgan fingerprint density at radius 1 is 1.53 bits per heavy atom. The molecule has 0 N–H and O–H groups in total. The molecule has 3 heteroatoms. The fraction of sp³-hybridized carbons (Fsp3) is 0.500. The van der Waals surface area contributed by atoms with Gasteiger partial charge >= 0.3 is 0 Å². The smallest absolute Gasteiger partial charge is 0.140 e. The maximum absolute atomic E-state index is 11.6. The lowest BCUT2D eigenvalue weighted by Gasteiger charge is -2.07. The summed E-state index contributed by atoms with van der Waals surface area (Å²) in [6, 6.07) is 1.83. The number of nitrogens with zero attached hydrogens (tertiary/aromatic N) is 1. The zero-order valence-corrected chi connectivity index (χ0v) is 9.49. The molecule has 0 radical (unpaired) electrons. The van der Waals surface area contributed by atoms with Gasteiger partial charge in [0.25, 0.3) is 0 Å². The van der Waals surface area contributed by atoms with Crippen molar-refractivity contribution in [1.82, 2.24) is 4.98 Å². The molecule has 0 aliphatic carbocycles. The van der Waals surface area contributed by atoms with Crippen molar-refractivity contribution in [3.05, 3.63) is 24.0 Å². The molecule has 1 aromatic heterocycles.